The number of hydrogen-bond donors (Lipinski definition) is 4. The Hall–Kier alpha value is -4.49. The van der Waals surface area contributed by atoms with Crippen molar-refractivity contribution in [1.29, 1.82) is 0 Å². The Balaban J connectivity index is 1.53. The van der Waals surface area contributed by atoms with Crippen LogP contribution in [0.25, 0.3) is 11.0 Å². The van der Waals surface area contributed by atoms with E-state index < -0.39 is 12.0 Å². The summed E-state index contributed by atoms with van der Waals surface area (Å²) in [6.07, 6.45) is 0.489. The molecule has 0 radical (unpaired) electrons. The van der Waals surface area contributed by atoms with Gasteiger partial charge in [0.15, 0.2) is 29.2 Å². The van der Waals surface area contributed by atoms with E-state index in [1.165, 1.54) is 17.2 Å². The number of nitrogens with two attached hydrogens (primary N) is 1. The number of nitrogen functional groups attached to an aromatic ring is 1. The Morgan fingerprint density at radius 1 is 1.23 bits per heavy atom. The van der Waals surface area contributed by atoms with Crippen molar-refractivity contribution in [1.82, 2.24) is 29.7 Å². The maximum atomic E-state index is 13.2. The van der Waals surface area contributed by atoms with Gasteiger partial charge in [-0.3, -0.25) is 14.6 Å². The summed E-state index contributed by atoms with van der Waals surface area (Å²) in [5.41, 5.74) is 8.59. The van der Waals surface area contributed by atoms with E-state index in [9.17, 15) is 19.8 Å². The van der Waals surface area contributed by atoms with Crippen molar-refractivity contribution in [2.75, 3.05) is 18.9 Å². The number of hydrogen-bond acceptors (Lipinski definition) is 9. The molecule has 5 N–H and O–H groups in total. The van der Waals surface area contributed by atoms with Gasteiger partial charge in [-0.05, 0) is 52.0 Å². The van der Waals surface area contributed by atoms with Crippen LogP contribution in [0.4, 0.5) is 5.82 Å². The van der Waals surface area contributed by atoms with E-state index in [1.54, 1.807) is 26.0 Å². The summed E-state index contributed by atoms with van der Waals surface area (Å²) < 4.78 is 10.0. The first kappa shape index (κ1) is 31.4. The summed E-state index contributed by atoms with van der Waals surface area (Å²) in [5, 5.41) is 23.1. The van der Waals surface area contributed by atoms with E-state index in [-0.39, 0.29) is 54.6 Å². The molecular formula is C29H36ClN8O5+. The van der Waals surface area contributed by atoms with E-state index in [0.29, 0.717) is 30.2 Å². The normalized spacial score (nSPS) is 11.9. The first-order chi connectivity index (χ1) is 20.5. The van der Waals surface area contributed by atoms with Crippen LogP contribution in [0.15, 0.2) is 36.5 Å². The van der Waals surface area contributed by atoms with E-state index >= 15 is 0 Å². The molecule has 0 saturated heterocycles. The van der Waals surface area contributed by atoms with Crippen LogP contribution >= 0.6 is 11.6 Å². The van der Waals surface area contributed by atoms with Gasteiger partial charge in [-0.2, -0.15) is 0 Å². The Kier molecular flexibility index (Phi) is 9.99. The fraction of sp³-hybridized carbons (Fsp3) is 0.379. The predicted octanol–water partition coefficient (Wildman–Crippen LogP) is 2.12. The highest BCUT2D eigenvalue weighted by atomic mass is 35.5. The molecule has 1 aromatic carbocycles. The van der Waals surface area contributed by atoms with Gasteiger partial charge >= 0.3 is 0 Å². The van der Waals surface area contributed by atoms with Crippen LogP contribution in [0, 0.1) is 6.92 Å². The first-order valence-corrected chi connectivity index (χ1v) is 14.2. The Bertz CT molecular complexity index is 1640. The topological polar surface area (TPSA) is 173 Å². The second kappa shape index (κ2) is 13.7. The third-order valence-corrected chi connectivity index (χ3v) is 6.99. The molecule has 0 aliphatic carbocycles. The maximum absolute atomic E-state index is 13.2. The molecule has 3 heterocycles. The molecule has 0 aliphatic heterocycles. The monoisotopic (exact) mass is 611 g/mol. The molecule has 1 unspecified atom stereocenters. The van der Waals surface area contributed by atoms with Crippen molar-refractivity contribution in [3.63, 3.8) is 0 Å². The molecule has 228 valence electrons. The fourth-order valence-electron chi connectivity index (χ4n) is 4.86. The van der Waals surface area contributed by atoms with Crippen molar-refractivity contribution in [3.05, 3.63) is 64.6 Å². The van der Waals surface area contributed by atoms with E-state index in [2.05, 4.69) is 24.8 Å². The van der Waals surface area contributed by atoms with Gasteiger partial charge in [0, 0.05) is 18.3 Å². The van der Waals surface area contributed by atoms with Crippen LogP contribution < -0.4 is 20.4 Å². The minimum absolute atomic E-state index is 0.0170. The van der Waals surface area contributed by atoms with E-state index in [1.807, 2.05) is 30.5 Å². The van der Waals surface area contributed by atoms with Crippen LogP contribution in [0.2, 0.25) is 5.15 Å². The standard InChI is InChI=1S/C29H35ClN8O5/c1-5-37-21-9-8-19(43-16-26(41)36(14-18(4)39)15-20-23(40)10-7-17(3)34-20)11-22(21)38(6-2)25(37)13-33-29(42)27-28(31)32-12-24(30)35-27/h7-12,18,39H,5-6,13-16H2,1-4H3,(H3-,31,32,33,40,42)/p+1. The van der Waals surface area contributed by atoms with Gasteiger partial charge in [0.2, 0.25) is 0 Å². The molecule has 4 rings (SSSR count). The lowest BCUT2D eigenvalue weighted by atomic mass is 10.2. The number of nitrogens with zero attached hydrogens (tertiary/aromatic N) is 6. The smallest absolute Gasteiger partial charge is 0.277 e. The Labute approximate surface area is 253 Å². The number of imidazole rings is 1. The van der Waals surface area contributed by atoms with Crippen LogP contribution in [-0.4, -0.2) is 65.7 Å². The van der Waals surface area contributed by atoms with Gasteiger partial charge in [0.1, 0.15) is 28.9 Å². The molecule has 0 saturated carbocycles. The number of fused-ring (bicyclic) bond motifs is 1. The molecule has 4 aromatic rings. The largest absolute Gasteiger partial charge is 0.506 e. The molecule has 0 spiro atoms. The van der Waals surface area contributed by atoms with Crippen LogP contribution in [-0.2, 0) is 31.0 Å². The van der Waals surface area contributed by atoms with Gasteiger partial charge in [0.25, 0.3) is 17.6 Å². The molecule has 0 bridgehead atoms. The highest BCUT2D eigenvalue weighted by molar-refractivity contribution is 6.29. The number of aromatic nitrogens is 5. The van der Waals surface area contributed by atoms with Crippen LogP contribution in [0.3, 0.4) is 0 Å². The average Bonchev–Trinajstić information content (AvgIpc) is 3.28. The Morgan fingerprint density at radius 2 is 2.00 bits per heavy atom. The number of ether oxygens (including phenoxy) is 1. The molecule has 0 fully saturated rings. The molecule has 2 amide bonds. The van der Waals surface area contributed by atoms with Crippen LogP contribution in [0.1, 0.15) is 48.5 Å². The number of aryl methyl sites for hydroxylation is 3. The average molecular weight is 612 g/mol. The number of aliphatic hydroxyl groups excluding tert-OH is 1. The van der Waals surface area contributed by atoms with Crippen molar-refractivity contribution in [2.45, 2.75) is 60.0 Å². The lowest BCUT2D eigenvalue weighted by Crippen LogP contribution is -2.40. The number of aliphatic hydroxyl groups is 1. The predicted molar refractivity (Wildman–Crippen MR) is 159 cm³/mol. The summed E-state index contributed by atoms with van der Waals surface area (Å²) in [6.45, 7) is 8.59. The number of pyridine rings is 1. The number of amides is 2. The lowest BCUT2D eigenvalue weighted by molar-refractivity contribution is -0.676. The van der Waals surface area contributed by atoms with Gasteiger partial charge in [0.05, 0.1) is 31.9 Å². The van der Waals surface area contributed by atoms with Crippen molar-refractivity contribution >= 4 is 40.3 Å². The number of halogens is 1. The highest BCUT2D eigenvalue weighted by Gasteiger charge is 2.26. The van der Waals surface area contributed by atoms with E-state index in [4.69, 9.17) is 22.1 Å². The number of aromatic hydroxyl groups is 1. The number of benzene rings is 1. The van der Waals surface area contributed by atoms with Crippen molar-refractivity contribution in [2.24, 2.45) is 0 Å². The van der Waals surface area contributed by atoms with Crippen molar-refractivity contribution in [3.8, 4) is 11.5 Å². The van der Waals surface area contributed by atoms with Gasteiger partial charge in [-0.1, -0.05) is 11.6 Å². The third kappa shape index (κ3) is 7.30. The van der Waals surface area contributed by atoms with Crippen LogP contribution in [0.5, 0.6) is 11.5 Å². The highest BCUT2D eigenvalue weighted by Crippen LogP contribution is 2.23. The molecule has 0 aliphatic rings. The maximum Gasteiger partial charge on any atom is 0.277 e. The SMILES string of the molecule is CCn1c(CNC(=O)c2nc(Cl)cnc2N)[n+](CC)c2ccc(OCC(=O)N(Cc3nc(C)ccc3O)CC(C)O)cc21. The second-order valence-electron chi connectivity index (χ2n) is 9.99. The first-order valence-electron chi connectivity index (χ1n) is 13.9. The molecular weight excluding hydrogens is 576 g/mol. The minimum Gasteiger partial charge on any atom is -0.506 e. The zero-order chi connectivity index (χ0) is 31.3. The van der Waals surface area contributed by atoms with Gasteiger partial charge < -0.3 is 30.9 Å². The number of nitrogens with one attached hydrogen (secondary N) is 1. The quantitative estimate of drug-likeness (QED) is 0.175. The van der Waals surface area contributed by atoms with E-state index in [0.717, 1.165) is 16.9 Å². The number of carbonyl (C=O) groups is 2. The summed E-state index contributed by atoms with van der Waals surface area (Å²) in [4.78, 5) is 39.6. The van der Waals surface area contributed by atoms with Gasteiger partial charge in [-0.25, -0.2) is 19.1 Å². The molecule has 43 heavy (non-hydrogen) atoms. The number of rotatable bonds is 12. The van der Waals surface area contributed by atoms with Crippen molar-refractivity contribution < 1.29 is 29.1 Å². The van der Waals surface area contributed by atoms with Gasteiger partial charge in [-0.15, -0.1) is 0 Å². The summed E-state index contributed by atoms with van der Waals surface area (Å²) in [5.74, 6) is 0.398. The minimum atomic E-state index is -0.786. The zero-order valence-corrected chi connectivity index (χ0v) is 25.3. The summed E-state index contributed by atoms with van der Waals surface area (Å²) in [6, 6.07) is 8.73. The molecule has 1 atom stereocenters. The second-order valence-corrected chi connectivity index (χ2v) is 10.4. The lowest BCUT2D eigenvalue weighted by Gasteiger charge is -2.24. The Morgan fingerprint density at radius 3 is 2.70 bits per heavy atom. The fourth-order valence-corrected chi connectivity index (χ4v) is 4.99. The molecule has 3 aromatic heterocycles. The summed E-state index contributed by atoms with van der Waals surface area (Å²) in [7, 11) is 0. The molecule has 14 heteroatoms. The molecule has 13 nitrogen and oxygen atoms in total. The zero-order valence-electron chi connectivity index (χ0n) is 24.5. The third-order valence-electron chi connectivity index (χ3n) is 6.81. The summed E-state index contributed by atoms with van der Waals surface area (Å²) >= 11 is 5.90. The number of carbonyl (C=O) groups excluding carboxylic acids is 2. The number of anilines is 1.